The first kappa shape index (κ1) is 68.1. The standard InChI is InChI=1S/C18H12ClN3O2S2.C18H13N3O3S2.C9H9BrO2.C9H5N3OS2.Cl3OP/c1-20-16-15(13-6-3-7-25-13)21-18(22-17(16)19)26-10-12-5-2-4-11(8-12)9-14(23)24;1-19-16-15(13-6-3-7-25-13)20-18(21-17(16)24)26-10-12-5-2-4-11(8-12)9-14(22)23;10-6-8-3-1-2-7(4-8)5-9(11)12;1-10-7-6(5-3-2-4-15-5)11-9(14)12-8(7)13;1-5(2,3)4/h2-8H,9-10H2,(H,23,24);2-8H,9-10H2,(H,22,23)(H,20,21,24);1-4H,5-6H2,(H,11,12);2-4H,(H2,11,12,13,14);. The van der Waals surface area contributed by atoms with Crippen molar-refractivity contribution in [3.63, 3.8) is 0 Å². The van der Waals surface area contributed by atoms with Gasteiger partial charge in [0.1, 0.15) is 5.15 Å². The van der Waals surface area contributed by atoms with Crippen LogP contribution in [0.15, 0.2) is 145 Å². The molecule has 0 aliphatic rings. The number of carboxylic acid groups (broad SMARTS) is 3. The quantitative estimate of drug-likeness (QED) is 0.00999. The van der Waals surface area contributed by atoms with E-state index >= 15 is 0 Å². The van der Waals surface area contributed by atoms with Crippen LogP contribution in [0.2, 0.25) is 5.15 Å². The number of hydrogen-bond donors (Lipinski definition) is 6. The Labute approximate surface area is 532 Å². The van der Waals surface area contributed by atoms with Crippen molar-refractivity contribution in [2.75, 3.05) is 0 Å². The zero-order valence-electron chi connectivity index (χ0n) is 42.6. The third-order valence-electron chi connectivity index (χ3n) is 10.2. The highest BCUT2D eigenvalue weighted by atomic mass is 79.9. The summed E-state index contributed by atoms with van der Waals surface area (Å²) in [5.41, 5.74) is 6.13. The fraction of sp³-hybridized carbons (Fsp3) is 0.111. The highest BCUT2D eigenvalue weighted by Crippen LogP contribution is 2.61. The van der Waals surface area contributed by atoms with E-state index in [-0.39, 0.29) is 46.2 Å². The number of hydrogen-bond acceptors (Lipinski definition) is 15. The molecule has 30 heteroatoms. The van der Waals surface area contributed by atoms with Gasteiger partial charge in [-0.2, -0.15) is 0 Å². The Bertz CT molecular complexity index is 4100. The van der Waals surface area contributed by atoms with Crippen LogP contribution in [0.1, 0.15) is 33.4 Å². The number of carboxylic acids is 3. The van der Waals surface area contributed by atoms with E-state index in [2.05, 4.69) is 94.1 Å². The Morgan fingerprint density at radius 2 is 1.00 bits per heavy atom. The lowest BCUT2D eigenvalue weighted by Crippen LogP contribution is -2.09. The molecule has 0 atom stereocenters. The van der Waals surface area contributed by atoms with Crippen molar-refractivity contribution in [3.05, 3.63) is 224 Å². The number of thiophene rings is 3. The predicted octanol–water partition coefficient (Wildman–Crippen LogP) is 17.0. The Balaban J connectivity index is 0.000000207. The maximum Gasteiger partial charge on any atom is 0.339 e. The normalized spacial score (nSPS) is 10.3. The monoisotopic (exact) mass is 1400 g/mol. The number of nitrogens with zero attached hydrogens (tertiary/aromatic N) is 6. The van der Waals surface area contributed by atoms with E-state index in [1.54, 1.807) is 12.1 Å². The van der Waals surface area contributed by atoms with Crippen LogP contribution in [-0.2, 0) is 55.0 Å². The van der Waals surface area contributed by atoms with Crippen LogP contribution in [0.25, 0.3) is 46.2 Å². The number of aromatic amines is 3. The summed E-state index contributed by atoms with van der Waals surface area (Å²) < 4.78 is 9.74. The first-order valence-corrected chi connectivity index (χ1v) is 34.2. The molecular formula is C54H39BrCl4N9O9PS6. The smallest absolute Gasteiger partial charge is 0.339 e. The van der Waals surface area contributed by atoms with Crippen LogP contribution in [-0.4, -0.2) is 63.1 Å². The maximum absolute atomic E-state index is 12.2. The third-order valence-corrected chi connectivity index (χ3v) is 15.8. The van der Waals surface area contributed by atoms with Gasteiger partial charge in [-0.1, -0.05) is 142 Å². The zero-order valence-corrected chi connectivity index (χ0v) is 53.0. The van der Waals surface area contributed by atoms with Gasteiger partial charge in [0.25, 0.3) is 22.5 Å². The largest absolute Gasteiger partial charge is 0.481 e. The van der Waals surface area contributed by atoms with Crippen LogP contribution in [0.5, 0.6) is 0 Å². The molecule has 6 N–H and O–H groups in total. The Kier molecular flexibility index (Phi) is 27.8. The molecule has 0 bridgehead atoms. The highest BCUT2D eigenvalue weighted by molar-refractivity contribution is 9.08. The van der Waals surface area contributed by atoms with Crippen LogP contribution in [0, 0.1) is 24.5 Å². The van der Waals surface area contributed by atoms with Gasteiger partial charge in [0.15, 0.2) is 15.1 Å². The number of aliphatic carboxylic acids is 3. The predicted molar refractivity (Wildman–Crippen MR) is 343 cm³/mol. The lowest BCUT2D eigenvalue weighted by Gasteiger charge is -2.07. The van der Waals surface area contributed by atoms with E-state index in [4.69, 9.17) is 58.9 Å². The molecule has 430 valence electrons. The molecule has 0 fully saturated rings. The zero-order chi connectivity index (χ0) is 61.3. The molecule has 3 aromatic carbocycles. The SMILES string of the molecule is O=C(O)Cc1cccc(CBr)c1.O=P(Cl)(Cl)Cl.[C-]#[N+]c1c(-c2cccs2)[nH]c(=S)[nH]c1=O.[C-]#[N+]c1c(-c2cccs2)nc(SCc2cccc(CC(=O)O)c2)[nH]c1=O.[C-]#[N+]c1c(Cl)nc(SCc2cccc(CC(=O)O)c2)nc1-c1cccs1. The summed E-state index contributed by atoms with van der Waals surface area (Å²) in [6.07, 6.45) is 0.0553. The van der Waals surface area contributed by atoms with Crippen molar-refractivity contribution in [1.29, 1.82) is 0 Å². The fourth-order valence-electron chi connectivity index (χ4n) is 6.85. The summed E-state index contributed by atoms with van der Waals surface area (Å²) in [5, 5.41) is 30.6. The number of thioether (sulfide) groups is 2. The van der Waals surface area contributed by atoms with E-state index in [1.165, 1.54) is 57.5 Å². The average molecular weight is 1400 g/mol. The summed E-state index contributed by atoms with van der Waals surface area (Å²) in [5.74, 6) is -1.43. The molecule has 0 spiro atoms. The van der Waals surface area contributed by atoms with Gasteiger partial charge in [-0.15, -0.1) is 34.0 Å². The minimum Gasteiger partial charge on any atom is -0.481 e. The maximum atomic E-state index is 12.2. The van der Waals surface area contributed by atoms with Crippen LogP contribution in [0.4, 0.5) is 17.1 Å². The second-order valence-corrected chi connectivity index (χ2v) is 29.0. The molecule has 9 rings (SSSR count). The molecule has 18 nitrogen and oxygen atoms in total. The number of H-pyrrole nitrogens is 3. The molecule has 9 aromatic rings. The van der Waals surface area contributed by atoms with Crippen molar-refractivity contribution in [2.45, 2.75) is 46.4 Å². The van der Waals surface area contributed by atoms with Crippen molar-refractivity contribution in [2.24, 2.45) is 0 Å². The number of rotatable bonds is 16. The lowest BCUT2D eigenvalue weighted by atomic mass is 10.1. The van der Waals surface area contributed by atoms with E-state index < -0.39 is 34.2 Å². The second-order valence-electron chi connectivity index (χ2n) is 16.2. The summed E-state index contributed by atoms with van der Waals surface area (Å²) in [7, 11) is 0. The van der Waals surface area contributed by atoms with Gasteiger partial charge in [-0.25, -0.2) is 29.5 Å². The Hall–Kier alpha value is -6.73. The van der Waals surface area contributed by atoms with Gasteiger partial charge in [-0.05, 0) is 114 Å². The first-order valence-electron chi connectivity index (χ1n) is 23.3. The molecular weight excluding hydrogens is 1360 g/mol. The molecule has 0 radical (unpaired) electrons. The van der Waals surface area contributed by atoms with Gasteiger partial charge < -0.3 is 30.3 Å². The van der Waals surface area contributed by atoms with Crippen molar-refractivity contribution < 1.29 is 34.3 Å². The third kappa shape index (κ3) is 23.0. The molecule has 0 aliphatic heterocycles. The number of nitrogens with one attached hydrogen (secondary N) is 3. The van der Waals surface area contributed by atoms with Crippen molar-refractivity contribution in [3.8, 4) is 31.7 Å². The molecule has 0 unspecified atom stereocenters. The lowest BCUT2D eigenvalue weighted by molar-refractivity contribution is -0.137. The van der Waals surface area contributed by atoms with Gasteiger partial charge in [0, 0.05) is 31.5 Å². The molecule has 84 heavy (non-hydrogen) atoms. The van der Waals surface area contributed by atoms with Gasteiger partial charge in [-0.3, -0.25) is 28.5 Å². The van der Waals surface area contributed by atoms with Crippen molar-refractivity contribution in [1.82, 2.24) is 29.9 Å². The molecule has 0 saturated heterocycles. The van der Waals surface area contributed by atoms with Gasteiger partial charge in [0.2, 0.25) is 5.69 Å². The second kappa shape index (κ2) is 34.3. The van der Waals surface area contributed by atoms with Crippen molar-refractivity contribution >= 4 is 171 Å². The molecule has 0 aliphatic carbocycles. The number of alkyl halides is 1. The molecule has 6 aromatic heterocycles. The van der Waals surface area contributed by atoms with E-state index in [0.717, 1.165) is 53.3 Å². The number of aromatic nitrogens is 6. The number of benzene rings is 3. The van der Waals surface area contributed by atoms with Crippen LogP contribution < -0.4 is 11.1 Å². The highest BCUT2D eigenvalue weighted by Gasteiger charge is 2.18. The Morgan fingerprint density at radius 3 is 1.44 bits per heavy atom. The average Bonchev–Trinajstić information content (AvgIpc) is 4.41. The number of halogens is 5. The number of carbonyl (C=O) groups is 3. The van der Waals surface area contributed by atoms with Crippen LogP contribution in [0.3, 0.4) is 0 Å². The van der Waals surface area contributed by atoms with E-state index in [9.17, 15) is 28.5 Å². The summed E-state index contributed by atoms with van der Waals surface area (Å²) >= 11 is 35.3. The molecule has 0 amide bonds. The summed E-state index contributed by atoms with van der Waals surface area (Å²) in [4.78, 5) is 89.1. The fourth-order valence-corrected chi connectivity index (χ4v) is 11.4. The summed E-state index contributed by atoms with van der Waals surface area (Å²) in [6.45, 7) is 21.5. The topological polar surface area (TPSA) is 262 Å². The minimum absolute atomic E-state index is 0.0109. The molecule has 6 heterocycles. The van der Waals surface area contributed by atoms with Gasteiger partial charge in [0.05, 0.1) is 56.1 Å². The van der Waals surface area contributed by atoms with Gasteiger partial charge >= 0.3 is 23.1 Å². The first-order chi connectivity index (χ1) is 40.1. The minimum atomic E-state index is -3.22. The van der Waals surface area contributed by atoms with Crippen LogP contribution >= 0.6 is 136 Å². The van der Waals surface area contributed by atoms with E-state index in [0.29, 0.717) is 38.9 Å². The Morgan fingerprint density at radius 1 is 0.583 bits per heavy atom. The molecule has 0 saturated carbocycles. The van der Waals surface area contributed by atoms with E-state index in [1.807, 2.05) is 113 Å². The summed E-state index contributed by atoms with van der Waals surface area (Å²) in [6, 6.07) is 33.4.